The van der Waals surface area contributed by atoms with Crippen molar-refractivity contribution in [1.29, 1.82) is 0 Å². The van der Waals surface area contributed by atoms with E-state index in [1.807, 2.05) is 55.4 Å². The fourth-order valence-corrected chi connectivity index (χ4v) is 3.34. The monoisotopic (exact) mass is 1070 g/mol. The Balaban J connectivity index is -0.0000000480. The number of aliphatic hydroxyl groups is 1. The first-order valence-corrected chi connectivity index (χ1v) is 21.2. The van der Waals surface area contributed by atoms with Gasteiger partial charge < -0.3 is 43.0 Å². The summed E-state index contributed by atoms with van der Waals surface area (Å²) < 4.78 is 39.7. The number of methoxy groups -OCH3 is 1. The van der Waals surface area contributed by atoms with E-state index in [1.165, 1.54) is 14.0 Å². The Kier molecular flexibility index (Phi) is 87.1. The topological polar surface area (TPSA) is 231 Å². The molecule has 0 spiro atoms. The molecule has 17 heteroatoms. The average Bonchev–Trinajstić information content (AvgIpc) is 3.26. The first-order valence-electron chi connectivity index (χ1n) is 21.2. The lowest BCUT2D eigenvalue weighted by Gasteiger charge is -2.31. The van der Waals surface area contributed by atoms with E-state index >= 15 is 0 Å². The van der Waals surface area contributed by atoms with Gasteiger partial charge in [-0.1, -0.05) is 137 Å². The Bertz CT molecular complexity index is 1300. The van der Waals surface area contributed by atoms with Gasteiger partial charge in [-0.25, -0.2) is 4.79 Å². The maximum Gasteiger partial charge on any atom is 0.333 e. The average molecular weight is 1070 g/mol. The van der Waals surface area contributed by atoms with Crippen LogP contribution in [0.2, 0.25) is 0 Å². The number of aliphatic hydroxyl groups excluding tert-OH is 1. The van der Waals surface area contributed by atoms with Crippen LogP contribution >= 0.6 is 0 Å². The molecular weight excluding hydrogens is 945 g/mol. The molecule has 0 aromatic heterocycles. The summed E-state index contributed by atoms with van der Waals surface area (Å²) in [7, 11) is 1.42. The molecule has 0 aliphatic carbocycles. The molecule has 0 aliphatic heterocycles. The predicted octanol–water partition coefficient (Wildman–Crippen LogP) is 13.8. The number of rotatable bonds is 24. The van der Waals surface area contributed by atoms with E-state index in [0.29, 0.717) is 13.0 Å². The van der Waals surface area contributed by atoms with Crippen LogP contribution in [0.25, 0.3) is 0 Å². The molecule has 0 amide bonds. The summed E-state index contributed by atoms with van der Waals surface area (Å²) in [6.45, 7) is 29.4. The molecule has 0 aromatic carbocycles. The first-order chi connectivity index (χ1) is 28.6. The standard InChI is InChI=1S/C17H28O8.C13H22O5.C8H16O2.C7H14O2.11CH4/c1-5-13(18)22-9-17(10-23-14(19)6-2,11-24-15(20)7-3)12-25-16(21)8-4;1-6-13(4,5)12(16)18-8-10(14)7-17-11(15)9(2)3;1-5-8(3,4)7(9)10-6-2;1-5-7(2,3)6(8)9-4;;;;;;;;;;;/h5-12H2,1-4H3;10,14H,2,6-8H2,1,3-5H3;5-6H2,1-4H3;5H2,1-4H3;11*1H4. The largest absolute Gasteiger partial charge is 0.469 e. The van der Waals surface area contributed by atoms with Crippen molar-refractivity contribution in [3.05, 3.63) is 12.2 Å². The minimum absolute atomic E-state index is 0. The Hall–Kier alpha value is -4.54. The summed E-state index contributed by atoms with van der Waals surface area (Å²) in [6.07, 6.45) is 1.91. The number of esters is 8. The fourth-order valence-electron chi connectivity index (χ4n) is 3.34. The molecule has 450 valence electrons. The van der Waals surface area contributed by atoms with Gasteiger partial charge in [0.05, 0.1) is 30.0 Å². The third-order valence-electron chi connectivity index (χ3n) is 9.24. The summed E-state index contributed by atoms with van der Waals surface area (Å²) >= 11 is 0. The highest BCUT2D eigenvalue weighted by molar-refractivity contribution is 5.87. The lowest BCUT2D eigenvalue weighted by molar-refractivity contribution is -0.170. The molecule has 0 rings (SSSR count). The number of ether oxygens (including phenoxy) is 8. The maximum absolute atomic E-state index is 11.6. The molecule has 1 atom stereocenters. The summed E-state index contributed by atoms with van der Waals surface area (Å²) in [4.78, 5) is 90.5. The molecule has 0 radical (unpaired) electrons. The first kappa shape index (κ1) is 109. The number of carbonyl (C=O) groups is 8. The van der Waals surface area contributed by atoms with E-state index < -0.39 is 46.8 Å². The molecule has 0 aliphatic rings. The summed E-state index contributed by atoms with van der Waals surface area (Å²) in [5.74, 6) is -3.04. The molecule has 17 nitrogen and oxygen atoms in total. The zero-order chi connectivity index (χ0) is 49.3. The Morgan fingerprint density at radius 3 is 0.877 bits per heavy atom. The molecule has 0 aromatic rings. The summed E-state index contributed by atoms with van der Waals surface area (Å²) in [5.41, 5.74) is -2.09. The van der Waals surface area contributed by atoms with E-state index in [1.54, 1.807) is 41.5 Å². The third kappa shape index (κ3) is 53.6. The highest BCUT2D eigenvalue weighted by Crippen LogP contribution is 2.24. The molecule has 0 fully saturated rings. The molecule has 1 unspecified atom stereocenters. The van der Waals surface area contributed by atoms with Crippen LogP contribution in [0.4, 0.5) is 0 Å². The van der Waals surface area contributed by atoms with Crippen LogP contribution in [0.15, 0.2) is 12.2 Å². The van der Waals surface area contributed by atoms with Gasteiger partial charge >= 0.3 is 47.8 Å². The second kappa shape index (κ2) is 58.4. The molecule has 0 bridgehead atoms. The zero-order valence-corrected chi connectivity index (χ0v) is 40.7. The Morgan fingerprint density at radius 2 is 0.671 bits per heavy atom. The molecule has 73 heavy (non-hydrogen) atoms. The Morgan fingerprint density at radius 1 is 0.425 bits per heavy atom. The molecule has 0 saturated carbocycles. The number of carbonyl (C=O) groups excluding carboxylic acids is 8. The minimum atomic E-state index is -1.15. The van der Waals surface area contributed by atoms with Crippen LogP contribution in [-0.4, -0.2) is 112 Å². The van der Waals surface area contributed by atoms with Crippen LogP contribution in [0.1, 0.15) is 230 Å². The predicted molar refractivity (Wildman–Crippen MR) is 305 cm³/mol. The van der Waals surface area contributed by atoms with Crippen molar-refractivity contribution in [3.63, 3.8) is 0 Å². The van der Waals surface area contributed by atoms with Crippen LogP contribution in [0, 0.1) is 21.7 Å². The highest BCUT2D eigenvalue weighted by atomic mass is 16.6. The smallest absolute Gasteiger partial charge is 0.333 e. The van der Waals surface area contributed by atoms with E-state index in [9.17, 15) is 43.5 Å². The van der Waals surface area contributed by atoms with Crippen molar-refractivity contribution in [2.24, 2.45) is 21.7 Å². The van der Waals surface area contributed by atoms with E-state index in [4.69, 9.17) is 33.2 Å². The second-order valence-corrected chi connectivity index (χ2v) is 16.1. The summed E-state index contributed by atoms with van der Waals surface area (Å²) in [6, 6.07) is 0. The van der Waals surface area contributed by atoms with Gasteiger partial charge in [0.1, 0.15) is 51.2 Å². The molecule has 0 heterocycles. The lowest BCUT2D eigenvalue weighted by atomic mass is 9.91. The second-order valence-electron chi connectivity index (χ2n) is 16.1. The quantitative estimate of drug-likeness (QED) is 0.0538. The van der Waals surface area contributed by atoms with E-state index in [0.717, 1.165) is 12.8 Å². The molecule has 0 saturated heterocycles. The molecule has 1 N–H and O–H groups in total. The SMILES string of the molecule is C.C.C.C.C.C.C.C.C.C.C.C=C(C)C(=O)OCC(O)COC(=O)C(C)(C)CC.CCC(=O)OCC(COC(=O)CC)(COC(=O)CC)COC(=O)CC.CCC(C)(C)C(=O)OC.CCOC(=O)C(C)(C)CC. The third-order valence-corrected chi connectivity index (χ3v) is 9.24. The van der Waals surface area contributed by atoms with Gasteiger partial charge in [0.15, 0.2) is 0 Å². The maximum atomic E-state index is 11.6. The van der Waals surface area contributed by atoms with Crippen molar-refractivity contribution in [2.75, 3.05) is 53.4 Å². The van der Waals surface area contributed by atoms with Crippen molar-refractivity contribution in [3.8, 4) is 0 Å². The van der Waals surface area contributed by atoms with Crippen LogP contribution in [0.3, 0.4) is 0 Å². The highest BCUT2D eigenvalue weighted by Gasteiger charge is 2.37. The minimum Gasteiger partial charge on any atom is -0.469 e. The van der Waals surface area contributed by atoms with Gasteiger partial charge in [0.2, 0.25) is 0 Å². The normalized spacial score (nSPS) is 9.71. The van der Waals surface area contributed by atoms with Crippen LogP contribution in [-0.2, 0) is 76.3 Å². The van der Waals surface area contributed by atoms with Crippen LogP contribution < -0.4 is 0 Å². The number of hydrogen-bond donors (Lipinski definition) is 1. The van der Waals surface area contributed by atoms with Crippen molar-refractivity contribution >= 4 is 47.8 Å². The molecular formula is C56H124O17. The summed E-state index contributed by atoms with van der Waals surface area (Å²) in [5, 5.41) is 9.48. The van der Waals surface area contributed by atoms with Gasteiger partial charge in [0, 0.05) is 31.3 Å². The van der Waals surface area contributed by atoms with Crippen LogP contribution in [0.5, 0.6) is 0 Å². The van der Waals surface area contributed by atoms with Gasteiger partial charge in [-0.05, 0) is 74.7 Å². The number of hydrogen-bond acceptors (Lipinski definition) is 17. The van der Waals surface area contributed by atoms with Gasteiger partial charge in [-0.15, -0.1) is 0 Å². The fraction of sp³-hybridized carbons (Fsp3) is 0.821. The van der Waals surface area contributed by atoms with Gasteiger partial charge in [0.25, 0.3) is 0 Å². The van der Waals surface area contributed by atoms with E-state index in [-0.39, 0.29) is 181 Å². The lowest BCUT2D eigenvalue weighted by Crippen LogP contribution is -2.43. The van der Waals surface area contributed by atoms with Crippen molar-refractivity contribution in [2.45, 2.75) is 237 Å². The van der Waals surface area contributed by atoms with E-state index in [2.05, 4.69) is 11.3 Å². The van der Waals surface area contributed by atoms with Crippen molar-refractivity contribution in [1.82, 2.24) is 0 Å². The van der Waals surface area contributed by atoms with Gasteiger partial charge in [-0.2, -0.15) is 0 Å². The Labute approximate surface area is 451 Å². The zero-order valence-electron chi connectivity index (χ0n) is 40.7. The van der Waals surface area contributed by atoms with Gasteiger partial charge in [-0.3, -0.25) is 33.6 Å². The van der Waals surface area contributed by atoms with Crippen molar-refractivity contribution < 1.29 is 81.4 Å².